The molecule has 3 rings (SSSR count). The van der Waals surface area contributed by atoms with E-state index in [4.69, 9.17) is 9.47 Å². The molecule has 7 nitrogen and oxygen atoms in total. The summed E-state index contributed by atoms with van der Waals surface area (Å²) in [6.07, 6.45) is 1.46. The number of aryl methyl sites for hydroxylation is 2. The molecule has 31 heavy (non-hydrogen) atoms. The SMILES string of the molecule is CCOc1cc(/C=C2\C(=O)NC(=O)N(c3cc(C)cc(C)c3)C2=O)cc(I)c1OCC. The predicted octanol–water partition coefficient (Wildman–Crippen LogP) is 4.37. The highest BCUT2D eigenvalue weighted by Crippen LogP contribution is 2.35. The van der Waals surface area contributed by atoms with Crippen molar-refractivity contribution in [2.45, 2.75) is 27.7 Å². The third-order valence-electron chi connectivity index (χ3n) is 4.50. The van der Waals surface area contributed by atoms with E-state index in [1.807, 2.05) is 33.8 Å². The smallest absolute Gasteiger partial charge is 0.335 e. The Kier molecular flexibility index (Phi) is 6.99. The number of imide groups is 2. The molecule has 0 saturated carbocycles. The number of halogens is 1. The molecule has 1 fully saturated rings. The Balaban J connectivity index is 2.05. The van der Waals surface area contributed by atoms with E-state index in [1.165, 1.54) is 6.08 Å². The second kappa shape index (κ2) is 9.51. The molecule has 0 spiro atoms. The van der Waals surface area contributed by atoms with Crippen LogP contribution in [0, 0.1) is 17.4 Å². The molecule has 2 aromatic rings. The van der Waals surface area contributed by atoms with Crippen molar-refractivity contribution in [1.82, 2.24) is 5.32 Å². The number of urea groups is 1. The minimum Gasteiger partial charge on any atom is -0.490 e. The summed E-state index contributed by atoms with van der Waals surface area (Å²) in [7, 11) is 0. The van der Waals surface area contributed by atoms with Crippen LogP contribution in [-0.4, -0.2) is 31.1 Å². The highest BCUT2D eigenvalue weighted by molar-refractivity contribution is 14.1. The maximum atomic E-state index is 13.2. The number of nitrogens with zero attached hydrogens (tertiary/aromatic N) is 1. The lowest BCUT2D eigenvalue weighted by molar-refractivity contribution is -0.122. The third-order valence-corrected chi connectivity index (χ3v) is 5.30. The largest absolute Gasteiger partial charge is 0.490 e. The molecule has 0 atom stereocenters. The van der Waals surface area contributed by atoms with Crippen molar-refractivity contribution >= 4 is 52.2 Å². The molecule has 0 radical (unpaired) electrons. The van der Waals surface area contributed by atoms with Gasteiger partial charge in [0.1, 0.15) is 5.57 Å². The zero-order valence-corrected chi connectivity index (χ0v) is 19.9. The molecule has 2 aromatic carbocycles. The van der Waals surface area contributed by atoms with E-state index < -0.39 is 17.8 Å². The first-order valence-electron chi connectivity index (χ1n) is 9.84. The highest BCUT2D eigenvalue weighted by Gasteiger charge is 2.37. The number of hydrogen-bond donors (Lipinski definition) is 1. The Hall–Kier alpha value is -2.88. The molecule has 0 bridgehead atoms. The van der Waals surface area contributed by atoms with Gasteiger partial charge in [-0.15, -0.1) is 0 Å². The molecule has 0 aliphatic carbocycles. The van der Waals surface area contributed by atoms with Crippen molar-refractivity contribution in [3.05, 3.63) is 56.2 Å². The standard InChI is InChI=1S/C23H23IN2O5/c1-5-30-19-12-15(11-18(24)20(19)31-6-2)10-17-21(27)25-23(29)26(22(17)28)16-8-13(3)7-14(4)9-16/h7-12H,5-6H2,1-4H3,(H,25,27,29)/b17-10+. The van der Waals surface area contributed by atoms with Gasteiger partial charge in [-0.3, -0.25) is 14.9 Å². The Morgan fingerprint density at radius 2 is 1.61 bits per heavy atom. The van der Waals surface area contributed by atoms with Gasteiger partial charge in [0.15, 0.2) is 11.5 Å². The van der Waals surface area contributed by atoms with Crippen molar-refractivity contribution in [3.8, 4) is 11.5 Å². The molecule has 1 N–H and O–H groups in total. The average molecular weight is 534 g/mol. The van der Waals surface area contributed by atoms with E-state index in [-0.39, 0.29) is 5.57 Å². The molecule has 1 heterocycles. The van der Waals surface area contributed by atoms with Crippen LogP contribution in [0.15, 0.2) is 35.9 Å². The van der Waals surface area contributed by atoms with Gasteiger partial charge < -0.3 is 9.47 Å². The zero-order chi connectivity index (χ0) is 22.7. The molecule has 1 aliphatic heterocycles. The number of anilines is 1. The van der Waals surface area contributed by atoms with E-state index in [9.17, 15) is 14.4 Å². The van der Waals surface area contributed by atoms with Crippen LogP contribution in [-0.2, 0) is 9.59 Å². The van der Waals surface area contributed by atoms with Gasteiger partial charge in [-0.25, -0.2) is 9.69 Å². The van der Waals surface area contributed by atoms with E-state index >= 15 is 0 Å². The summed E-state index contributed by atoms with van der Waals surface area (Å²) in [6, 6.07) is 8.12. The van der Waals surface area contributed by atoms with Crippen molar-refractivity contribution in [2.24, 2.45) is 0 Å². The van der Waals surface area contributed by atoms with Crippen molar-refractivity contribution in [1.29, 1.82) is 0 Å². The van der Waals surface area contributed by atoms with Gasteiger partial charge in [-0.1, -0.05) is 6.07 Å². The fourth-order valence-corrected chi connectivity index (χ4v) is 4.14. The van der Waals surface area contributed by atoms with Gasteiger partial charge in [0, 0.05) is 0 Å². The maximum absolute atomic E-state index is 13.2. The van der Waals surface area contributed by atoms with Crippen LogP contribution in [0.4, 0.5) is 10.5 Å². The zero-order valence-electron chi connectivity index (χ0n) is 17.7. The van der Waals surface area contributed by atoms with Crippen molar-refractivity contribution < 1.29 is 23.9 Å². The van der Waals surface area contributed by atoms with Gasteiger partial charge in [0.2, 0.25) is 0 Å². The normalized spacial score (nSPS) is 15.3. The second-order valence-corrected chi connectivity index (χ2v) is 8.16. The number of benzene rings is 2. The van der Waals surface area contributed by atoms with Crippen LogP contribution in [0.5, 0.6) is 11.5 Å². The summed E-state index contributed by atoms with van der Waals surface area (Å²) < 4.78 is 12.1. The Morgan fingerprint density at radius 1 is 0.968 bits per heavy atom. The van der Waals surface area contributed by atoms with Gasteiger partial charge >= 0.3 is 6.03 Å². The Morgan fingerprint density at radius 3 is 2.23 bits per heavy atom. The first-order chi connectivity index (χ1) is 14.7. The molecule has 162 valence electrons. The van der Waals surface area contributed by atoms with E-state index in [2.05, 4.69) is 27.9 Å². The van der Waals surface area contributed by atoms with Gasteiger partial charge in [0.05, 0.1) is 22.5 Å². The minimum atomic E-state index is -0.770. The lowest BCUT2D eigenvalue weighted by Crippen LogP contribution is -2.54. The van der Waals surface area contributed by atoms with Crippen LogP contribution in [0.1, 0.15) is 30.5 Å². The number of nitrogens with one attached hydrogen (secondary N) is 1. The van der Waals surface area contributed by atoms with Gasteiger partial charge in [0.25, 0.3) is 11.8 Å². The monoisotopic (exact) mass is 534 g/mol. The van der Waals surface area contributed by atoms with Crippen LogP contribution in [0.25, 0.3) is 6.08 Å². The lowest BCUT2D eigenvalue weighted by atomic mass is 10.0. The molecule has 1 saturated heterocycles. The number of rotatable bonds is 6. The Labute approximate surface area is 194 Å². The number of ether oxygens (including phenoxy) is 2. The number of barbiturate groups is 1. The summed E-state index contributed by atoms with van der Waals surface area (Å²) in [5, 5.41) is 2.25. The quantitative estimate of drug-likeness (QED) is 0.338. The third kappa shape index (κ3) is 4.90. The van der Waals surface area contributed by atoms with E-state index in [0.29, 0.717) is 36.0 Å². The minimum absolute atomic E-state index is 0.138. The lowest BCUT2D eigenvalue weighted by Gasteiger charge is -2.27. The van der Waals surface area contributed by atoms with Crippen LogP contribution in [0.2, 0.25) is 0 Å². The van der Waals surface area contributed by atoms with Crippen molar-refractivity contribution in [2.75, 3.05) is 18.1 Å². The Bertz CT molecular complexity index is 1070. The first kappa shape index (κ1) is 22.8. The van der Waals surface area contributed by atoms with Crippen LogP contribution >= 0.6 is 22.6 Å². The van der Waals surface area contributed by atoms with E-state index in [0.717, 1.165) is 19.6 Å². The highest BCUT2D eigenvalue weighted by atomic mass is 127. The first-order valence-corrected chi connectivity index (χ1v) is 10.9. The summed E-state index contributed by atoms with van der Waals surface area (Å²) in [5.74, 6) is -0.286. The van der Waals surface area contributed by atoms with E-state index in [1.54, 1.807) is 24.3 Å². The maximum Gasteiger partial charge on any atom is 0.335 e. The van der Waals surface area contributed by atoms with Crippen LogP contribution < -0.4 is 19.7 Å². The molecular formula is C23H23IN2O5. The fraction of sp³-hybridized carbons (Fsp3) is 0.261. The van der Waals surface area contributed by atoms with Crippen molar-refractivity contribution in [3.63, 3.8) is 0 Å². The molecule has 0 unspecified atom stereocenters. The predicted molar refractivity (Wildman–Crippen MR) is 126 cm³/mol. The van der Waals surface area contributed by atoms with Crippen LogP contribution in [0.3, 0.4) is 0 Å². The second-order valence-electron chi connectivity index (χ2n) is 7.00. The summed E-state index contributed by atoms with van der Waals surface area (Å²) >= 11 is 2.12. The molecule has 1 aliphatic rings. The summed E-state index contributed by atoms with van der Waals surface area (Å²) in [5.41, 5.74) is 2.67. The summed E-state index contributed by atoms with van der Waals surface area (Å²) in [4.78, 5) is 39.1. The molecule has 8 heteroatoms. The van der Waals surface area contributed by atoms with Gasteiger partial charge in [-0.2, -0.15) is 0 Å². The fourth-order valence-electron chi connectivity index (χ4n) is 3.36. The molecule has 4 amide bonds. The number of amides is 4. The average Bonchev–Trinajstić information content (AvgIpc) is 2.67. The molecule has 0 aromatic heterocycles. The number of hydrogen-bond acceptors (Lipinski definition) is 5. The van der Waals surface area contributed by atoms with Gasteiger partial charge in [-0.05, 0) is 97.3 Å². The number of carbonyl (C=O) groups excluding carboxylic acids is 3. The topological polar surface area (TPSA) is 84.9 Å². The number of carbonyl (C=O) groups is 3. The molecular weight excluding hydrogens is 511 g/mol. The summed E-state index contributed by atoms with van der Waals surface area (Å²) in [6.45, 7) is 8.41.